The van der Waals surface area contributed by atoms with E-state index in [2.05, 4.69) is 10.3 Å². The molecule has 3 aromatic rings. The normalized spacial score (nSPS) is 27.0. The SMILES string of the molecule is [2H]C([2H])([2H])N1C([2H])([2H])C([2H])([2H])N(c2ccc(C(=O)NC3=NCc4ccc(Cc5cc(C)cc(F)c5)cc43)c(CC3CCOCC3)c2)C([2H])([2H])C1([2H])[2H]. The highest BCUT2D eigenvalue weighted by Gasteiger charge is 2.24. The molecule has 0 radical (unpaired) electrons. The van der Waals surface area contributed by atoms with Gasteiger partial charge in [0.2, 0.25) is 0 Å². The smallest absolute Gasteiger partial charge is 0.257 e. The summed E-state index contributed by atoms with van der Waals surface area (Å²) in [4.78, 5) is 18.5. The van der Waals surface area contributed by atoms with Crippen molar-refractivity contribution in [2.24, 2.45) is 10.9 Å². The lowest BCUT2D eigenvalue weighted by molar-refractivity contribution is 0.0664. The number of aryl methyl sites for hydroxylation is 1. The molecule has 3 aliphatic heterocycles. The van der Waals surface area contributed by atoms with E-state index in [9.17, 15) is 9.18 Å². The van der Waals surface area contributed by atoms with Gasteiger partial charge in [-0.1, -0.05) is 18.2 Å². The second-order valence-electron chi connectivity index (χ2n) is 10.6. The summed E-state index contributed by atoms with van der Waals surface area (Å²) in [6.07, 6.45) is 2.06. The Morgan fingerprint density at radius 1 is 1.07 bits per heavy atom. The number of anilines is 1. The van der Waals surface area contributed by atoms with Crippen LogP contribution in [0, 0.1) is 18.7 Å². The molecule has 6 nitrogen and oxygen atoms in total. The molecule has 0 atom stereocenters. The zero-order valence-electron chi connectivity index (χ0n) is 33.8. The van der Waals surface area contributed by atoms with Crippen molar-refractivity contribution in [3.8, 4) is 0 Å². The quantitative estimate of drug-likeness (QED) is 0.450. The maximum absolute atomic E-state index is 14.1. The standard InChI is InChI=1S/C34H39FN4O2/c1-23-15-26(19-29(35)16-23)17-25-3-4-27-22-36-33(32(27)20-25)37-34(40)31-6-5-30(39-11-9-38(2)10-12-39)21-28(31)18-24-7-13-41-14-8-24/h3-6,15-16,19-21,24H,7-14,17-18,22H2,1-2H3,(H,36,37,40)/i2D3,9D2,10D2,11D2,12D2. The van der Waals surface area contributed by atoms with Crippen LogP contribution in [0.4, 0.5) is 10.1 Å². The van der Waals surface area contributed by atoms with Crippen LogP contribution in [0.5, 0.6) is 0 Å². The first-order valence-electron chi connectivity index (χ1n) is 19.2. The molecular weight excluding hydrogens is 515 g/mol. The molecule has 41 heavy (non-hydrogen) atoms. The minimum Gasteiger partial charge on any atom is -0.381 e. The number of rotatable bonds is 6. The number of aliphatic imine (C=N–C) groups is 1. The predicted molar refractivity (Wildman–Crippen MR) is 161 cm³/mol. The molecule has 6 rings (SSSR count). The number of piperazine rings is 1. The van der Waals surface area contributed by atoms with E-state index in [-0.39, 0.29) is 27.9 Å². The second kappa shape index (κ2) is 12.1. The maximum Gasteiger partial charge on any atom is 0.257 e. The molecule has 2 saturated heterocycles. The fraction of sp³-hybridized carbons (Fsp3) is 0.412. The Balaban J connectivity index is 1.35. The summed E-state index contributed by atoms with van der Waals surface area (Å²) in [5.41, 5.74) is 4.36. The van der Waals surface area contributed by atoms with E-state index in [0.717, 1.165) is 22.3 Å². The summed E-state index contributed by atoms with van der Waals surface area (Å²) in [6.45, 7) is -14.3. The molecule has 214 valence electrons. The third-order valence-electron chi connectivity index (χ3n) is 7.57. The number of fused-ring (bicyclic) bond motifs is 1. The zero-order valence-corrected chi connectivity index (χ0v) is 22.8. The van der Waals surface area contributed by atoms with E-state index in [1.54, 1.807) is 0 Å². The van der Waals surface area contributed by atoms with Gasteiger partial charge in [0, 0.05) is 65.6 Å². The molecular formula is C34H39FN4O2. The van der Waals surface area contributed by atoms with Crippen molar-refractivity contribution >= 4 is 17.4 Å². The molecule has 3 aliphatic rings. The van der Waals surface area contributed by atoms with E-state index < -0.39 is 38.9 Å². The fourth-order valence-corrected chi connectivity index (χ4v) is 5.53. The summed E-state index contributed by atoms with van der Waals surface area (Å²) in [6, 6.07) is 14.5. The Bertz CT molecular complexity index is 1860. The first-order chi connectivity index (χ1) is 24.1. The molecule has 0 unspecified atom stereocenters. The van der Waals surface area contributed by atoms with E-state index >= 15 is 0 Å². The molecule has 1 amide bonds. The number of hydrogen-bond donors (Lipinski definition) is 1. The van der Waals surface area contributed by atoms with Crippen LogP contribution < -0.4 is 10.2 Å². The minimum absolute atomic E-state index is 0.0351. The topological polar surface area (TPSA) is 57.2 Å². The van der Waals surface area contributed by atoms with Crippen molar-refractivity contribution in [2.45, 2.75) is 39.2 Å². The Labute approximate surface area is 257 Å². The summed E-state index contributed by atoms with van der Waals surface area (Å²) >= 11 is 0. The second-order valence-corrected chi connectivity index (χ2v) is 10.6. The number of amidine groups is 1. The Hall–Kier alpha value is -3.55. The van der Waals surface area contributed by atoms with Crippen LogP contribution in [0.1, 0.15) is 71.7 Å². The minimum atomic E-state index is -3.54. The summed E-state index contributed by atoms with van der Waals surface area (Å²) < 4.78 is 112. The molecule has 0 aromatic heterocycles. The summed E-state index contributed by atoms with van der Waals surface area (Å²) in [7, 11) is 0. The number of carbonyl (C=O) groups is 1. The third-order valence-corrected chi connectivity index (χ3v) is 7.57. The molecule has 0 aliphatic carbocycles. The van der Waals surface area contributed by atoms with Crippen molar-refractivity contribution < 1.29 is 29.0 Å². The molecule has 0 bridgehead atoms. The van der Waals surface area contributed by atoms with Gasteiger partial charge in [-0.15, -0.1) is 0 Å². The highest BCUT2D eigenvalue weighted by Crippen LogP contribution is 2.28. The van der Waals surface area contributed by atoms with Crippen LogP contribution in [-0.2, 0) is 24.1 Å². The van der Waals surface area contributed by atoms with Gasteiger partial charge in [-0.25, -0.2) is 4.39 Å². The van der Waals surface area contributed by atoms with Gasteiger partial charge in [-0.2, -0.15) is 0 Å². The van der Waals surface area contributed by atoms with Gasteiger partial charge < -0.3 is 19.9 Å². The van der Waals surface area contributed by atoms with Crippen molar-refractivity contribution in [1.29, 1.82) is 0 Å². The van der Waals surface area contributed by atoms with Crippen molar-refractivity contribution in [1.82, 2.24) is 10.2 Å². The van der Waals surface area contributed by atoms with Crippen LogP contribution >= 0.6 is 0 Å². The number of amides is 1. The number of carbonyl (C=O) groups excluding carboxylic acids is 1. The van der Waals surface area contributed by atoms with Crippen LogP contribution in [0.25, 0.3) is 0 Å². The number of halogens is 1. The first-order valence-corrected chi connectivity index (χ1v) is 13.7. The van der Waals surface area contributed by atoms with Gasteiger partial charge in [0.05, 0.1) is 12.0 Å². The molecule has 3 aromatic carbocycles. The molecule has 2 fully saturated rings. The molecule has 7 heteroatoms. The Morgan fingerprint density at radius 2 is 1.90 bits per heavy atom. The molecule has 0 spiro atoms. The number of nitrogens with one attached hydrogen (secondary N) is 1. The molecule has 1 N–H and O–H groups in total. The lowest BCUT2D eigenvalue weighted by Gasteiger charge is -2.34. The van der Waals surface area contributed by atoms with Gasteiger partial charge in [0.15, 0.2) is 0 Å². The Kier molecular flexibility index (Phi) is 5.15. The number of nitrogens with zero attached hydrogens (tertiary/aromatic N) is 3. The van der Waals surface area contributed by atoms with Crippen molar-refractivity contribution in [2.75, 3.05) is 51.1 Å². The van der Waals surface area contributed by atoms with E-state index in [1.165, 1.54) is 30.3 Å². The van der Waals surface area contributed by atoms with Crippen LogP contribution in [0.15, 0.2) is 59.6 Å². The fourth-order valence-electron chi connectivity index (χ4n) is 5.53. The highest BCUT2D eigenvalue weighted by atomic mass is 19.1. The van der Waals surface area contributed by atoms with Gasteiger partial charge in [0.25, 0.3) is 5.91 Å². The van der Waals surface area contributed by atoms with Crippen LogP contribution in [0.2, 0.25) is 0 Å². The number of hydrogen-bond acceptors (Lipinski definition) is 5. The summed E-state index contributed by atoms with van der Waals surface area (Å²) in [5, 5.41) is 2.89. The van der Waals surface area contributed by atoms with Crippen molar-refractivity contribution in [3.05, 3.63) is 99.4 Å². The number of likely N-dealkylation sites (N-methyl/N-ethyl adjacent to an activating group) is 1. The van der Waals surface area contributed by atoms with Crippen molar-refractivity contribution in [3.63, 3.8) is 0 Å². The lowest BCUT2D eigenvalue weighted by atomic mass is 9.89. The molecule has 3 heterocycles. The van der Waals surface area contributed by atoms with Gasteiger partial charge in [-0.05, 0) is 110 Å². The average Bonchev–Trinajstić information content (AvgIpc) is 3.41. The number of benzene rings is 3. The zero-order chi connectivity index (χ0) is 38.0. The van der Waals surface area contributed by atoms with Crippen LogP contribution in [-0.4, -0.2) is 62.8 Å². The number of ether oxygens (including phenoxy) is 1. The van der Waals surface area contributed by atoms with Gasteiger partial charge >= 0.3 is 0 Å². The monoisotopic (exact) mass is 565 g/mol. The highest BCUT2D eigenvalue weighted by molar-refractivity contribution is 6.14. The largest absolute Gasteiger partial charge is 0.381 e. The van der Waals surface area contributed by atoms with E-state index in [0.29, 0.717) is 67.3 Å². The van der Waals surface area contributed by atoms with Gasteiger partial charge in [0.1, 0.15) is 11.7 Å². The Morgan fingerprint density at radius 3 is 2.68 bits per heavy atom. The lowest BCUT2D eigenvalue weighted by Crippen LogP contribution is -2.44. The van der Waals surface area contributed by atoms with E-state index in [4.69, 9.17) is 19.8 Å². The average molecular weight is 566 g/mol. The van der Waals surface area contributed by atoms with Crippen LogP contribution in [0.3, 0.4) is 0 Å². The third kappa shape index (κ3) is 6.52. The van der Waals surface area contributed by atoms with E-state index in [1.807, 2.05) is 31.2 Å². The maximum atomic E-state index is 14.1. The summed E-state index contributed by atoms with van der Waals surface area (Å²) in [5.74, 6) is -0.507. The first kappa shape index (κ1) is 17.4. The molecule has 0 saturated carbocycles. The van der Waals surface area contributed by atoms with Gasteiger partial charge in [-0.3, -0.25) is 9.79 Å². The predicted octanol–water partition coefficient (Wildman–Crippen LogP) is 5.14.